The molecule has 8 nitrogen and oxygen atoms in total. The Hall–Kier alpha value is -5.00. The molecule has 4 N–H and O–H groups in total. The fourth-order valence-corrected chi connectivity index (χ4v) is 6.42. The van der Waals surface area contributed by atoms with Gasteiger partial charge in [-0.05, 0) is 66.4 Å². The maximum Gasteiger partial charge on any atom is 0.150 e. The van der Waals surface area contributed by atoms with Gasteiger partial charge in [-0.3, -0.25) is 4.40 Å². The fourth-order valence-electron chi connectivity index (χ4n) is 6.42. The first-order chi connectivity index (χ1) is 20.9. The Morgan fingerprint density at radius 2 is 1.95 bits per heavy atom. The lowest BCUT2D eigenvalue weighted by atomic mass is 9.93. The zero-order chi connectivity index (χ0) is 29.7. The molecule has 0 aliphatic heterocycles. The molecule has 1 atom stereocenters. The minimum absolute atomic E-state index is 0.191. The molecule has 1 aliphatic carbocycles. The first-order valence-corrected chi connectivity index (χ1v) is 14.9. The average molecular weight is 567 g/mol. The number of imidazole rings is 2. The van der Waals surface area contributed by atoms with Crippen molar-refractivity contribution in [2.75, 3.05) is 12.8 Å². The van der Waals surface area contributed by atoms with Gasteiger partial charge in [-0.2, -0.15) is 5.26 Å². The van der Waals surface area contributed by atoms with Crippen LogP contribution in [-0.4, -0.2) is 37.4 Å². The third-order valence-electron chi connectivity index (χ3n) is 8.66. The average Bonchev–Trinajstić information content (AvgIpc) is 3.63. The number of aromatic nitrogens is 5. The molecule has 0 bridgehead atoms. The van der Waals surface area contributed by atoms with Gasteiger partial charge in [0.25, 0.3) is 0 Å². The summed E-state index contributed by atoms with van der Waals surface area (Å²) in [6, 6.07) is 21.0. The highest BCUT2D eigenvalue weighted by molar-refractivity contribution is 6.02. The van der Waals surface area contributed by atoms with Gasteiger partial charge in [-0.25, -0.2) is 15.0 Å². The van der Waals surface area contributed by atoms with Crippen molar-refractivity contribution in [3.8, 4) is 17.3 Å². The molecule has 7 rings (SSSR count). The van der Waals surface area contributed by atoms with Crippen LogP contribution in [0.25, 0.3) is 44.2 Å². The van der Waals surface area contributed by atoms with E-state index in [2.05, 4.69) is 77.1 Å². The number of nitrogens with one attached hydrogen (secondary N) is 2. The molecule has 3 aromatic heterocycles. The van der Waals surface area contributed by atoms with Crippen LogP contribution in [0.1, 0.15) is 67.5 Å². The summed E-state index contributed by atoms with van der Waals surface area (Å²) >= 11 is 0. The maximum atomic E-state index is 9.29. The molecule has 0 saturated heterocycles. The van der Waals surface area contributed by atoms with Gasteiger partial charge in [-0.1, -0.05) is 56.3 Å². The van der Waals surface area contributed by atoms with Crippen molar-refractivity contribution >= 4 is 38.7 Å². The van der Waals surface area contributed by atoms with Crippen molar-refractivity contribution in [2.24, 2.45) is 0 Å². The van der Waals surface area contributed by atoms with Crippen molar-refractivity contribution in [1.29, 1.82) is 5.26 Å². The third-order valence-corrected chi connectivity index (χ3v) is 8.66. The number of rotatable bonds is 6. The highest BCUT2D eigenvalue weighted by Crippen LogP contribution is 2.39. The second-order valence-corrected chi connectivity index (χ2v) is 11.7. The topological polar surface area (TPSA) is 121 Å². The van der Waals surface area contributed by atoms with E-state index >= 15 is 0 Å². The van der Waals surface area contributed by atoms with E-state index in [4.69, 9.17) is 20.7 Å². The SMILES string of the molecule is CNC1CC=C(c2cnc(N)c3c(-c4ccc(Cc5nc6ccc(C#N)cc6[nH]5)c5ccccc45)nc(C(C)C)n23)CC1. The van der Waals surface area contributed by atoms with Crippen LogP contribution in [0.2, 0.25) is 0 Å². The van der Waals surface area contributed by atoms with E-state index < -0.39 is 0 Å². The number of anilines is 1. The van der Waals surface area contributed by atoms with Crippen LogP contribution < -0.4 is 11.1 Å². The standard InChI is InChI=1S/C35H34N8/c1-20(2)35-42-32(33-34(37)39-19-30(43(33)35)22-9-12-24(38-3)13-10-22)27-14-11-23(25-6-4-5-7-26(25)27)17-31-40-28-15-8-21(18-36)16-29(28)41-31/h4-9,11,14-16,19-20,24,38H,10,12-13,17H2,1-3H3,(H2,37,39)(H,40,41). The Balaban J connectivity index is 1.37. The number of nitrogen functional groups attached to an aromatic ring is 1. The Morgan fingerprint density at radius 1 is 1.12 bits per heavy atom. The molecule has 3 aromatic carbocycles. The number of benzene rings is 3. The van der Waals surface area contributed by atoms with Crippen molar-refractivity contribution in [2.45, 2.75) is 51.5 Å². The van der Waals surface area contributed by atoms with Gasteiger partial charge in [0.1, 0.15) is 28.7 Å². The van der Waals surface area contributed by atoms with E-state index in [0.29, 0.717) is 23.8 Å². The molecule has 1 aliphatic rings. The number of fused-ring (bicyclic) bond motifs is 3. The highest BCUT2D eigenvalue weighted by atomic mass is 15.1. The Morgan fingerprint density at radius 3 is 2.70 bits per heavy atom. The van der Waals surface area contributed by atoms with Crippen LogP contribution in [0.5, 0.6) is 0 Å². The Labute approximate surface area is 250 Å². The Bertz CT molecular complexity index is 2090. The second-order valence-electron chi connectivity index (χ2n) is 11.7. The van der Waals surface area contributed by atoms with E-state index in [9.17, 15) is 5.26 Å². The van der Waals surface area contributed by atoms with Gasteiger partial charge < -0.3 is 16.0 Å². The normalized spacial score (nSPS) is 15.4. The first-order valence-electron chi connectivity index (χ1n) is 14.9. The van der Waals surface area contributed by atoms with Crippen LogP contribution in [0.15, 0.2) is 66.9 Å². The van der Waals surface area contributed by atoms with Gasteiger partial charge in [-0.15, -0.1) is 0 Å². The number of hydrogen-bond donors (Lipinski definition) is 3. The molecule has 6 aromatic rings. The molecule has 0 radical (unpaired) electrons. The summed E-state index contributed by atoms with van der Waals surface area (Å²) in [6.07, 6.45) is 7.95. The summed E-state index contributed by atoms with van der Waals surface area (Å²) in [5.41, 5.74) is 15.3. The maximum absolute atomic E-state index is 9.29. The summed E-state index contributed by atoms with van der Waals surface area (Å²) in [5.74, 6) is 2.51. The van der Waals surface area contributed by atoms with E-state index in [1.54, 1.807) is 6.07 Å². The summed E-state index contributed by atoms with van der Waals surface area (Å²) in [7, 11) is 2.03. The second kappa shape index (κ2) is 10.7. The third kappa shape index (κ3) is 4.62. The number of H-pyrrole nitrogens is 1. The Kier molecular flexibility index (Phi) is 6.68. The molecule has 0 saturated carbocycles. The van der Waals surface area contributed by atoms with E-state index in [0.717, 1.165) is 80.7 Å². The predicted molar refractivity (Wildman–Crippen MR) is 173 cm³/mol. The summed E-state index contributed by atoms with van der Waals surface area (Å²) < 4.78 is 2.25. The minimum Gasteiger partial charge on any atom is -0.382 e. The van der Waals surface area contributed by atoms with Gasteiger partial charge in [0.15, 0.2) is 0 Å². The minimum atomic E-state index is 0.191. The molecule has 214 valence electrons. The van der Waals surface area contributed by atoms with E-state index in [1.807, 2.05) is 25.4 Å². The van der Waals surface area contributed by atoms with Crippen LogP contribution in [0.4, 0.5) is 5.82 Å². The van der Waals surface area contributed by atoms with Crippen LogP contribution in [0, 0.1) is 11.3 Å². The smallest absolute Gasteiger partial charge is 0.150 e. The molecule has 8 heteroatoms. The molecular weight excluding hydrogens is 532 g/mol. The van der Waals surface area contributed by atoms with Crippen LogP contribution >= 0.6 is 0 Å². The predicted octanol–water partition coefficient (Wildman–Crippen LogP) is 6.75. The molecule has 0 amide bonds. The van der Waals surface area contributed by atoms with Crippen molar-refractivity contribution < 1.29 is 0 Å². The number of nitrogens with zero attached hydrogens (tertiary/aromatic N) is 5. The first kappa shape index (κ1) is 26.9. The molecule has 0 spiro atoms. The van der Waals surface area contributed by atoms with Crippen molar-refractivity contribution in [3.63, 3.8) is 0 Å². The highest BCUT2D eigenvalue weighted by Gasteiger charge is 2.25. The summed E-state index contributed by atoms with van der Waals surface area (Å²) in [6.45, 7) is 4.36. The summed E-state index contributed by atoms with van der Waals surface area (Å²) in [5, 5.41) is 14.9. The zero-order valence-corrected chi connectivity index (χ0v) is 24.6. The summed E-state index contributed by atoms with van der Waals surface area (Å²) in [4.78, 5) is 18.2. The van der Waals surface area contributed by atoms with E-state index in [-0.39, 0.29) is 5.92 Å². The van der Waals surface area contributed by atoms with Gasteiger partial charge >= 0.3 is 0 Å². The van der Waals surface area contributed by atoms with Crippen LogP contribution in [0.3, 0.4) is 0 Å². The number of nitriles is 1. The lowest BCUT2D eigenvalue weighted by Crippen LogP contribution is -2.26. The van der Waals surface area contributed by atoms with Gasteiger partial charge in [0, 0.05) is 23.9 Å². The van der Waals surface area contributed by atoms with E-state index in [1.165, 1.54) is 5.57 Å². The molecular formula is C35H34N8. The molecule has 43 heavy (non-hydrogen) atoms. The van der Waals surface area contributed by atoms with Gasteiger partial charge in [0.2, 0.25) is 0 Å². The number of hydrogen-bond acceptors (Lipinski definition) is 6. The lowest BCUT2D eigenvalue weighted by molar-refractivity contribution is 0.522. The molecule has 1 unspecified atom stereocenters. The van der Waals surface area contributed by atoms with Crippen molar-refractivity contribution in [3.05, 3.63) is 95.3 Å². The molecule has 3 heterocycles. The number of nitrogens with two attached hydrogens (primary N) is 1. The zero-order valence-electron chi connectivity index (χ0n) is 24.6. The molecule has 0 fully saturated rings. The van der Waals surface area contributed by atoms with Crippen molar-refractivity contribution in [1.82, 2.24) is 29.7 Å². The van der Waals surface area contributed by atoms with Gasteiger partial charge in [0.05, 0.1) is 34.6 Å². The fraction of sp³-hybridized carbons (Fsp3) is 0.257. The largest absolute Gasteiger partial charge is 0.382 e. The monoisotopic (exact) mass is 566 g/mol. The lowest BCUT2D eigenvalue weighted by Gasteiger charge is -2.22. The number of aromatic amines is 1. The quantitative estimate of drug-likeness (QED) is 0.205. The van der Waals surface area contributed by atoms with Crippen LogP contribution in [-0.2, 0) is 6.42 Å². The number of allylic oxidation sites excluding steroid dienone is 1.